The molecule has 1 amide bonds. The number of ether oxygens (including phenoxy) is 1. The molecule has 1 aromatic heterocycles. The van der Waals surface area contributed by atoms with E-state index in [4.69, 9.17) is 9.72 Å². The number of amides is 1. The minimum atomic E-state index is -0.214. The molecule has 0 radical (unpaired) electrons. The zero-order chi connectivity index (χ0) is 25.2. The Morgan fingerprint density at radius 3 is 2.59 bits per heavy atom. The molecule has 2 heterocycles. The van der Waals surface area contributed by atoms with E-state index in [1.807, 2.05) is 48.5 Å². The van der Waals surface area contributed by atoms with Gasteiger partial charge in [-0.15, -0.1) is 0 Å². The van der Waals surface area contributed by atoms with E-state index in [0.29, 0.717) is 41.0 Å². The number of fused-ring (bicyclic) bond motifs is 1. The quantitative estimate of drug-likeness (QED) is 0.497. The lowest BCUT2D eigenvalue weighted by Gasteiger charge is -2.32. The zero-order valence-corrected chi connectivity index (χ0v) is 21.4. The van der Waals surface area contributed by atoms with E-state index in [0.717, 1.165) is 31.2 Å². The van der Waals surface area contributed by atoms with Crippen LogP contribution in [0.2, 0.25) is 0 Å². The van der Waals surface area contributed by atoms with Gasteiger partial charge in [0.25, 0.3) is 5.56 Å². The van der Waals surface area contributed by atoms with Gasteiger partial charge in [-0.25, -0.2) is 4.98 Å². The van der Waals surface area contributed by atoms with Crippen LogP contribution >= 0.6 is 0 Å². The first-order chi connectivity index (χ1) is 18.1. The van der Waals surface area contributed by atoms with Gasteiger partial charge in [0, 0.05) is 18.2 Å². The van der Waals surface area contributed by atoms with Gasteiger partial charge < -0.3 is 15.0 Å². The van der Waals surface area contributed by atoms with Crippen molar-refractivity contribution in [1.29, 1.82) is 0 Å². The average Bonchev–Trinajstić information content (AvgIpc) is 3.66. The minimum Gasteiger partial charge on any atom is -0.490 e. The Morgan fingerprint density at radius 1 is 1.00 bits per heavy atom. The van der Waals surface area contributed by atoms with Crippen molar-refractivity contribution in [3.05, 3.63) is 58.9 Å². The summed E-state index contributed by atoms with van der Waals surface area (Å²) in [5.74, 6) is 1.63. The maximum Gasteiger partial charge on any atom is 0.262 e. The molecule has 3 fully saturated rings. The van der Waals surface area contributed by atoms with Crippen molar-refractivity contribution in [2.24, 2.45) is 5.92 Å². The first-order valence-corrected chi connectivity index (χ1v) is 13.9. The third-order valence-corrected chi connectivity index (χ3v) is 8.11. The van der Waals surface area contributed by atoms with Crippen LogP contribution in [0.5, 0.6) is 5.75 Å². The Morgan fingerprint density at radius 2 is 1.81 bits per heavy atom. The highest BCUT2D eigenvalue weighted by Gasteiger charge is 2.31. The van der Waals surface area contributed by atoms with Crippen LogP contribution in [0, 0.1) is 5.92 Å². The highest BCUT2D eigenvalue weighted by Crippen LogP contribution is 2.31. The Hall–Kier alpha value is -3.19. The lowest BCUT2D eigenvalue weighted by molar-refractivity contribution is -0.121. The van der Waals surface area contributed by atoms with Gasteiger partial charge >= 0.3 is 0 Å². The van der Waals surface area contributed by atoms with Crippen LogP contribution in [-0.2, 0) is 11.3 Å². The number of nitrogens with one attached hydrogen (secondary N) is 1. The molecule has 2 saturated carbocycles. The summed E-state index contributed by atoms with van der Waals surface area (Å²) in [5.41, 5.74) is 1.21. The maximum atomic E-state index is 13.7. The Bertz CT molecular complexity index is 1310. The lowest BCUT2D eigenvalue weighted by atomic mass is 10.1. The molecule has 37 heavy (non-hydrogen) atoms. The molecule has 2 atom stereocenters. The number of likely N-dealkylation sites (tertiary alicyclic amines) is 1. The normalized spacial score (nSPS) is 22.3. The Labute approximate surface area is 217 Å². The van der Waals surface area contributed by atoms with Crippen molar-refractivity contribution in [1.82, 2.24) is 19.8 Å². The van der Waals surface area contributed by atoms with Crippen LogP contribution < -0.4 is 15.6 Å². The number of piperidine rings is 1. The number of benzene rings is 2. The molecule has 194 valence electrons. The largest absolute Gasteiger partial charge is 0.490 e. The fourth-order valence-corrected chi connectivity index (χ4v) is 5.84. The summed E-state index contributed by atoms with van der Waals surface area (Å²) in [6.07, 6.45) is 9.68. The van der Waals surface area contributed by atoms with Crippen LogP contribution in [0.25, 0.3) is 22.3 Å². The third kappa shape index (κ3) is 5.57. The number of hydrogen-bond acceptors (Lipinski definition) is 5. The van der Waals surface area contributed by atoms with Crippen molar-refractivity contribution in [2.75, 3.05) is 19.6 Å². The van der Waals surface area contributed by atoms with Gasteiger partial charge in [0.2, 0.25) is 5.91 Å². The van der Waals surface area contributed by atoms with Crippen molar-refractivity contribution < 1.29 is 9.53 Å². The molecule has 7 nitrogen and oxygen atoms in total. The molecular formula is C30H36N4O3. The van der Waals surface area contributed by atoms with Crippen molar-refractivity contribution in [3.63, 3.8) is 0 Å². The summed E-state index contributed by atoms with van der Waals surface area (Å²) in [7, 11) is 0. The number of nitrogens with zero attached hydrogens (tertiary/aromatic N) is 3. The monoisotopic (exact) mass is 500 g/mol. The predicted molar refractivity (Wildman–Crippen MR) is 145 cm³/mol. The third-order valence-electron chi connectivity index (χ3n) is 8.11. The standard InChI is InChI=1S/C30H36N4O3/c35-28(31-19-21-9-10-21)20-34-29(22-7-3-1-4-8-22)32-27-14-13-25(18-26(27)30(34)36)37-24-12-11-23(17-24)33-15-5-2-6-16-33/h1,3-4,7-8,13-14,18,21,23-24H,2,5-6,9-12,15-17,19-20H2,(H,31,35)/t23-,24-/m0/s1. The molecule has 1 aliphatic heterocycles. The highest BCUT2D eigenvalue weighted by atomic mass is 16.5. The summed E-state index contributed by atoms with van der Waals surface area (Å²) in [6, 6.07) is 15.8. The molecule has 1 N–H and O–H groups in total. The highest BCUT2D eigenvalue weighted by molar-refractivity contribution is 5.83. The second-order valence-electron chi connectivity index (χ2n) is 10.9. The van der Waals surface area contributed by atoms with Crippen LogP contribution in [-0.4, -0.2) is 52.1 Å². The molecule has 1 saturated heterocycles. The first-order valence-electron chi connectivity index (χ1n) is 13.9. The van der Waals surface area contributed by atoms with E-state index < -0.39 is 0 Å². The molecule has 0 spiro atoms. The zero-order valence-electron chi connectivity index (χ0n) is 21.4. The first kappa shape index (κ1) is 24.2. The van der Waals surface area contributed by atoms with Crippen molar-refractivity contribution in [2.45, 2.75) is 70.1 Å². The van der Waals surface area contributed by atoms with Crippen molar-refractivity contribution in [3.8, 4) is 17.1 Å². The molecule has 0 unspecified atom stereocenters. The average molecular weight is 501 g/mol. The van der Waals surface area contributed by atoms with E-state index in [2.05, 4.69) is 10.2 Å². The fraction of sp³-hybridized carbons (Fsp3) is 0.500. The van der Waals surface area contributed by atoms with E-state index in [1.54, 1.807) is 0 Å². The van der Waals surface area contributed by atoms with E-state index in [1.165, 1.54) is 43.3 Å². The second kappa shape index (κ2) is 10.7. The van der Waals surface area contributed by atoms with Gasteiger partial charge in [-0.1, -0.05) is 36.8 Å². The Kier molecular flexibility index (Phi) is 6.96. The molecule has 3 aliphatic rings. The summed E-state index contributed by atoms with van der Waals surface area (Å²) in [4.78, 5) is 34.0. The van der Waals surface area contributed by atoms with E-state index >= 15 is 0 Å². The van der Waals surface area contributed by atoms with Crippen molar-refractivity contribution >= 4 is 16.8 Å². The molecule has 2 aromatic carbocycles. The molecular weight excluding hydrogens is 464 g/mol. The van der Waals surface area contributed by atoms with Crippen LogP contribution in [0.3, 0.4) is 0 Å². The minimum absolute atomic E-state index is 0.0516. The fourth-order valence-electron chi connectivity index (χ4n) is 5.84. The summed E-state index contributed by atoms with van der Waals surface area (Å²) < 4.78 is 7.89. The summed E-state index contributed by atoms with van der Waals surface area (Å²) >= 11 is 0. The molecule has 7 heteroatoms. The Balaban J connectivity index is 1.26. The van der Waals surface area contributed by atoms with Crippen LogP contribution in [0.1, 0.15) is 51.4 Å². The van der Waals surface area contributed by atoms with Gasteiger partial charge in [-0.05, 0) is 82.2 Å². The predicted octanol–water partition coefficient (Wildman–Crippen LogP) is 4.38. The van der Waals surface area contributed by atoms with Crippen LogP contribution in [0.15, 0.2) is 53.3 Å². The van der Waals surface area contributed by atoms with Gasteiger partial charge in [0.15, 0.2) is 0 Å². The number of carbonyl (C=O) groups is 1. The van der Waals surface area contributed by atoms with Gasteiger partial charge in [-0.3, -0.25) is 14.2 Å². The second-order valence-corrected chi connectivity index (χ2v) is 10.9. The van der Waals surface area contributed by atoms with E-state index in [9.17, 15) is 9.59 Å². The number of aromatic nitrogens is 2. The molecule has 2 aliphatic carbocycles. The molecule has 3 aromatic rings. The lowest BCUT2D eigenvalue weighted by Crippen LogP contribution is -2.38. The number of carbonyl (C=O) groups excluding carboxylic acids is 1. The SMILES string of the molecule is O=C(Cn1c(-c2ccccc2)nc2ccc(O[C@H]3CC[C@H](N4CCCCC4)C3)cc2c1=O)NCC1CC1. The smallest absolute Gasteiger partial charge is 0.262 e. The number of rotatable bonds is 8. The molecule has 0 bridgehead atoms. The summed E-state index contributed by atoms with van der Waals surface area (Å²) in [6.45, 7) is 3.03. The van der Waals surface area contributed by atoms with E-state index in [-0.39, 0.29) is 24.1 Å². The summed E-state index contributed by atoms with van der Waals surface area (Å²) in [5, 5.41) is 3.47. The van der Waals surface area contributed by atoms with Gasteiger partial charge in [-0.2, -0.15) is 0 Å². The topological polar surface area (TPSA) is 76.5 Å². The van der Waals surface area contributed by atoms with Crippen LogP contribution in [0.4, 0.5) is 0 Å². The van der Waals surface area contributed by atoms with Gasteiger partial charge in [0.05, 0.1) is 10.9 Å². The van der Waals surface area contributed by atoms with Gasteiger partial charge in [0.1, 0.15) is 24.2 Å². The maximum absolute atomic E-state index is 13.7. The molecule has 6 rings (SSSR count). The number of hydrogen-bond donors (Lipinski definition) is 1.